The van der Waals surface area contributed by atoms with Crippen molar-refractivity contribution in [2.45, 2.75) is 44.8 Å². The first-order chi connectivity index (χ1) is 6.46. The van der Waals surface area contributed by atoms with Crippen LogP contribution in [0.5, 0.6) is 0 Å². The van der Waals surface area contributed by atoms with Crippen LogP contribution >= 0.6 is 0 Å². The van der Waals surface area contributed by atoms with Crippen molar-refractivity contribution in [3.8, 4) is 0 Å². The fraction of sp³-hybridized carbons (Fsp3) is 0.900. The number of likely N-dealkylation sites (tertiary alicyclic amines) is 1. The second-order valence-electron chi connectivity index (χ2n) is 4.30. The standard InChI is InChI=1S/C10H19NO3/c1-3-8(9(12)13)11-6-4-10(2,14)5-7-11/h8,14H,3-7H2,1-2H3,(H,12,13). The van der Waals surface area contributed by atoms with Crippen LogP contribution in [-0.4, -0.2) is 45.8 Å². The van der Waals surface area contributed by atoms with Gasteiger partial charge in [0.05, 0.1) is 5.60 Å². The minimum absolute atomic E-state index is 0.383. The molecule has 1 saturated heterocycles. The Balaban J connectivity index is 2.51. The summed E-state index contributed by atoms with van der Waals surface area (Å²) in [4.78, 5) is 12.8. The molecule has 0 spiro atoms. The summed E-state index contributed by atoms with van der Waals surface area (Å²) in [5.74, 6) is -0.756. The van der Waals surface area contributed by atoms with Crippen LogP contribution in [0.2, 0.25) is 0 Å². The van der Waals surface area contributed by atoms with Gasteiger partial charge in [0, 0.05) is 13.1 Å². The molecule has 4 nitrogen and oxygen atoms in total. The highest BCUT2D eigenvalue weighted by atomic mass is 16.4. The van der Waals surface area contributed by atoms with E-state index in [2.05, 4.69) is 0 Å². The zero-order chi connectivity index (χ0) is 10.8. The summed E-state index contributed by atoms with van der Waals surface area (Å²) in [6.07, 6.45) is 1.95. The first-order valence-corrected chi connectivity index (χ1v) is 5.15. The molecule has 4 heteroatoms. The van der Waals surface area contributed by atoms with Gasteiger partial charge in [0.15, 0.2) is 0 Å². The molecular weight excluding hydrogens is 182 g/mol. The van der Waals surface area contributed by atoms with Crippen LogP contribution in [-0.2, 0) is 4.79 Å². The molecule has 0 aromatic rings. The topological polar surface area (TPSA) is 60.8 Å². The van der Waals surface area contributed by atoms with Gasteiger partial charge < -0.3 is 10.2 Å². The van der Waals surface area contributed by atoms with Crippen LogP contribution in [0.4, 0.5) is 0 Å². The van der Waals surface area contributed by atoms with Gasteiger partial charge >= 0.3 is 5.97 Å². The number of nitrogens with zero attached hydrogens (tertiary/aromatic N) is 1. The average molecular weight is 201 g/mol. The number of piperidine rings is 1. The molecular formula is C10H19NO3. The molecule has 2 N–H and O–H groups in total. The first-order valence-electron chi connectivity index (χ1n) is 5.15. The third-order valence-corrected chi connectivity index (χ3v) is 2.99. The Bertz CT molecular complexity index is 205. The molecule has 0 aromatic heterocycles. The zero-order valence-electron chi connectivity index (χ0n) is 8.86. The molecule has 1 aliphatic heterocycles. The van der Waals surface area contributed by atoms with E-state index in [4.69, 9.17) is 5.11 Å². The number of carboxylic acids is 1. The third kappa shape index (κ3) is 2.69. The minimum Gasteiger partial charge on any atom is -0.480 e. The Kier molecular flexibility index (Phi) is 3.50. The van der Waals surface area contributed by atoms with Gasteiger partial charge in [-0.2, -0.15) is 0 Å². The summed E-state index contributed by atoms with van der Waals surface area (Å²) in [5.41, 5.74) is -0.604. The number of aliphatic carboxylic acids is 1. The molecule has 0 saturated carbocycles. The molecule has 14 heavy (non-hydrogen) atoms. The number of hydrogen-bond donors (Lipinski definition) is 2. The predicted octanol–water partition coefficient (Wildman–Crippen LogP) is 0.696. The smallest absolute Gasteiger partial charge is 0.320 e. The molecule has 0 aliphatic carbocycles. The molecule has 1 fully saturated rings. The van der Waals surface area contributed by atoms with Crippen LogP contribution in [0.15, 0.2) is 0 Å². The largest absolute Gasteiger partial charge is 0.480 e. The van der Waals surface area contributed by atoms with Crippen molar-refractivity contribution >= 4 is 5.97 Å². The number of carbonyl (C=O) groups is 1. The Morgan fingerprint density at radius 3 is 2.36 bits per heavy atom. The summed E-state index contributed by atoms with van der Waals surface area (Å²) < 4.78 is 0. The molecule has 0 aromatic carbocycles. The SMILES string of the molecule is CCC(C(=O)O)N1CCC(C)(O)CC1. The van der Waals surface area contributed by atoms with Crippen molar-refractivity contribution in [3.63, 3.8) is 0 Å². The summed E-state index contributed by atoms with van der Waals surface area (Å²) in [6.45, 7) is 5.05. The van der Waals surface area contributed by atoms with E-state index in [9.17, 15) is 9.90 Å². The zero-order valence-corrected chi connectivity index (χ0v) is 8.86. The van der Waals surface area contributed by atoms with E-state index in [1.54, 1.807) is 0 Å². The Labute approximate surface area is 84.5 Å². The maximum Gasteiger partial charge on any atom is 0.320 e. The van der Waals surface area contributed by atoms with E-state index in [0.29, 0.717) is 32.4 Å². The third-order valence-electron chi connectivity index (χ3n) is 2.99. The predicted molar refractivity (Wildman–Crippen MR) is 53.1 cm³/mol. The summed E-state index contributed by atoms with van der Waals surface area (Å²) in [7, 11) is 0. The highest BCUT2D eigenvalue weighted by Crippen LogP contribution is 2.23. The van der Waals surface area contributed by atoms with Gasteiger partial charge in [-0.1, -0.05) is 6.92 Å². The van der Waals surface area contributed by atoms with Gasteiger partial charge in [-0.15, -0.1) is 0 Å². The van der Waals surface area contributed by atoms with E-state index in [1.807, 2.05) is 18.7 Å². The summed E-state index contributed by atoms with van der Waals surface area (Å²) in [5, 5.41) is 18.7. The van der Waals surface area contributed by atoms with E-state index in [0.717, 1.165) is 0 Å². The normalized spacial score (nSPS) is 24.5. The van der Waals surface area contributed by atoms with Gasteiger partial charge in [0.1, 0.15) is 6.04 Å². The van der Waals surface area contributed by atoms with Crippen LogP contribution in [0, 0.1) is 0 Å². The maximum absolute atomic E-state index is 10.9. The van der Waals surface area contributed by atoms with Crippen molar-refractivity contribution in [3.05, 3.63) is 0 Å². The van der Waals surface area contributed by atoms with Gasteiger partial charge in [0.2, 0.25) is 0 Å². The molecule has 82 valence electrons. The van der Waals surface area contributed by atoms with Gasteiger partial charge in [-0.05, 0) is 26.2 Å². The molecule has 0 radical (unpaired) electrons. The molecule has 1 heterocycles. The Morgan fingerprint density at radius 1 is 1.50 bits per heavy atom. The van der Waals surface area contributed by atoms with Crippen molar-refractivity contribution in [1.29, 1.82) is 0 Å². The van der Waals surface area contributed by atoms with E-state index >= 15 is 0 Å². The Hall–Kier alpha value is -0.610. The highest BCUT2D eigenvalue weighted by molar-refractivity contribution is 5.73. The molecule has 1 rings (SSSR count). The first kappa shape index (κ1) is 11.5. The van der Waals surface area contributed by atoms with Crippen LogP contribution < -0.4 is 0 Å². The van der Waals surface area contributed by atoms with Gasteiger partial charge in [-0.3, -0.25) is 9.69 Å². The van der Waals surface area contributed by atoms with Crippen LogP contribution in [0.3, 0.4) is 0 Å². The molecule has 1 unspecified atom stereocenters. The molecule has 1 atom stereocenters. The lowest BCUT2D eigenvalue weighted by Gasteiger charge is -2.38. The lowest BCUT2D eigenvalue weighted by atomic mass is 9.92. The second kappa shape index (κ2) is 4.28. The minimum atomic E-state index is -0.756. The number of rotatable bonds is 3. The number of hydrogen-bond acceptors (Lipinski definition) is 3. The monoisotopic (exact) mass is 201 g/mol. The number of aliphatic hydroxyl groups is 1. The summed E-state index contributed by atoms with van der Waals surface area (Å²) in [6, 6.07) is -0.383. The van der Waals surface area contributed by atoms with E-state index in [-0.39, 0.29) is 6.04 Å². The van der Waals surface area contributed by atoms with Gasteiger partial charge in [-0.25, -0.2) is 0 Å². The number of carboxylic acid groups (broad SMARTS) is 1. The molecule has 1 aliphatic rings. The lowest BCUT2D eigenvalue weighted by molar-refractivity contribution is -0.145. The fourth-order valence-corrected chi connectivity index (χ4v) is 1.91. The quantitative estimate of drug-likeness (QED) is 0.705. The summed E-state index contributed by atoms with van der Waals surface area (Å²) >= 11 is 0. The molecule has 0 bridgehead atoms. The second-order valence-corrected chi connectivity index (χ2v) is 4.30. The van der Waals surface area contributed by atoms with Gasteiger partial charge in [0.25, 0.3) is 0 Å². The lowest BCUT2D eigenvalue weighted by Crippen LogP contribution is -2.49. The van der Waals surface area contributed by atoms with E-state index in [1.165, 1.54) is 0 Å². The average Bonchev–Trinajstić information content (AvgIpc) is 2.08. The highest BCUT2D eigenvalue weighted by Gasteiger charge is 2.32. The Morgan fingerprint density at radius 2 is 2.00 bits per heavy atom. The van der Waals surface area contributed by atoms with Crippen molar-refractivity contribution in [2.24, 2.45) is 0 Å². The maximum atomic E-state index is 10.9. The van der Waals surface area contributed by atoms with Crippen molar-refractivity contribution in [2.75, 3.05) is 13.1 Å². The van der Waals surface area contributed by atoms with Crippen LogP contribution in [0.25, 0.3) is 0 Å². The van der Waals surface area contributed by atoms with E-state index < -0.39 is 11.6 Å². The van der Waals surface area contributed by atoms with Crippen LogP contribution in [0.1, 0.15) is 33.1 Å². The molecule has 0 amide bonds. The van der Waals surface area contributed by atoms with Crippen molar-refractivity contribution in [1.82, 2.24) is 4.90 Å². The fourth-order valence-electron chi connectivity index (χ4n) is 1.91. The van der Waals surface area contributed by atoms with Crippen molar-refractivity contribution < 1.29 is 15.0 Å².